The summed E-state index contributed by atoms with van der Waals surface area (Å²) in [4.78, 5) is 22.4. The topological polar surface area (TPSA) is 79.5 Å². The Balaban J connectivity index is 2.14. The van der Waals surface area contributed by atoms with Crippen LogP contribution in [0.1, 0.15) is 23.3 Å². The third-order valence-electron chi connectivity index (χ3n) is 2.93. The number of thiazole rings is 1. The number of hydrogen-bond donors (Lipinski definition) is 2. The van der Waals surface area contributed by atoms with Gasteiger partial charge >= 0.3 is 10.8 Å². The number of aliphatic carboxylic acids is 1. The minimum absolute atomic E-state index is 0.0409. The highest BCUT2D eigenvalue weighted by Crippen LogP contribution is 2.21. The Labute approximate surface area is 131 Å². The molecule has 114 valence electrons. The lowest BCUT2D eigenvalue weighted by Crippen LogP contribution is -2.13. The van der Waals surface area contributed by atoms with Crippen LogP contribution in [0.4, 0.5) is 0 Å². The van der Waals surface area contributed by atoms with Crippen molar-refractivity contribution in [3.63, 3.8) is 0 Å². The second-order valence-electron chi connectivity index (χ2n) is 4.57. The van der Waals surface area contributed by atoms with Crippen LogP contribution in [0.3, 0.4) is 0 Å². The molecular weight excluding hydrogens is 302 g/mol. The van der Waals surface area contributed by atoms with Crippen molar-refractivity contribution >= 4 is 29.5 Å². The first-order valence-electron chi connectivity index (χ1n) is 6.70. The fourth-order valence-electron chi connectivity index (χ4n) is 1.86. The molecule has 0 amide bonds. The molecule has 1 heterocycles. The molecule has 0 atom stereocenters. The summed E-state index contributed by atoms with van der Waals surface area (Å²) in [5.74, 6) is -1.07. The summed E-state index contributed by atoms with van der Waals surface area (Å²) in [6, 6.07) is 9.56. The van der Waals surface area contributed by atoms with Crippen LogP contribution in [-0.2, 0) is 11.3 Å². The highest BCUT2D eigenvalue weighted by Gasteiger charge is 2.11. The molecule has 0 saturated heterocycles. The van der Waals surface area contributed by atoms with Gasteiger partial charge in [-0.1, -0.05) is 41.7 Å². The van der Waals surface area contributed by atoms with E-state index >= 15 is 0 Å². The molecule has 0 aliphatic rings. The smallest absolute Gasteiger partial charge is 0.310 e. The first-order chi connectivity index (χ1) is 10.6. The normalized spacial score (nSPS) is 10.0. The minimum Gasteiger partial charge on any atom is -0.493 e. The lowest BCUT2D eigenvalue weighted by atomic mass is 10.2. The first kappa shape index (κ1) is 15.8. The Bertz CT molecular complexity index is 767. The van der Waals surface area contributed by atoms with Crippen LogP contribution >= 0.6 is 11.3 Å². The SMILES string of the molecule is O=C(O)CCCn1c(O)c(C=C=Cc2ccccc2)sc1=O. The molecule has 0 spiro atoms. The monoisotopic (exact) mass is 317 g/mol. The third-order valence-corrected chi connectivity index (χ3v) is 3.85. The minimum atomic E-state index is -0.923. The van der Waals surface area contributed by atoms with Gasteiger partial charge in [0.05, 0.1) is 0 Å². The Morgan fingerprint density at radius 3 is 2.68 bits per heavy atom. The summed E-state index contributed by atoms with van der Waals surface area (Å²) in [5, 5.41) is 18.6. The van der Waals surface area contributed by atoms with Gasteiger partial charge in [0.2, 0.25) is 5.88 Å². The summed E-state index contributed by atoms with van der Waals surface area (Å²) in [7, 11) is 0. The van der Waals surface area contributed by atoms with Crippen molar-refractivity contribution < 1.29 is 15.0 Å². The maximum atomic E-state index is 11.8. The van der Waals surface area contributed by atoms with E-state index < -0.39 is 5.97 Å². The molecule has 0 aliphatic carbocycles. The fourth-order valence-corrected chi connectivity index (χ4v) is 2.66. The molecule has 0 unspecified atom stereocenters. The van der Waals surface area contributed by atoms with Crippen molar-refractivity contribution in [3.8, 4) is 5.88 Å². The Hall–Kier alpha value is -2.56. The Morgan fingerprint density at radius 1 is 1.27 bits per heavy atom. The standard InChI is InChI=1S/C16H15NO4S/c18-14(19)10-5-11-17-15(20)13(22-16(17)21)9-4-8-12-6-2-1-3-7-12/h1-3,6-9,20H,5,10-11H2,(H,18,19). The number of aromatic nitrogens is 1. The second-order valence-corrected chi connectivity index (χ2v) is 5.56. The van der Waals surface area contributed by atoms with Gasteiger partial charge in [-0.25, -0.2) is 0 Å². The number of hydrogen-bond acceptors (Lipinski definition) is 4. The van der Waals surface area contributed by atoms with E-state index in [1.807, 2.05) is 30.3 Å². The van der Waals surface area contributed by atoms with E-state index in [1.54, 1.807) is 12.2 Å². The van der Waals surface area contributed by atoms with Gasteiger partial charge in [-0.05, 0) is 18.1 Å². The van der Waals surface area contributed by atoms with E-state index in [-0.39, 0.29) is 23.7 Å². The molecule has 2 N–H and O–H groups in total. The molecule has 1 aromatic carbocycles. The average Bonchev–Trinajstić information content (AvgIpc) is 2.76. The van der Waals surface area contributed by atoms with Crippen LogP contribution in [0, 0.1) is 0 Å². The number of carbonyl (C=O) groups is 1. The van der Waals surface area contributed by atoms with Crippen molar-refractivity contribution in [3.05, 3.63) is 56.2 Å². The zero-order chi connectivity index (χ0) is 15.9. The van der Waals surface area contributed by atoms with Gasteiger partial charge in [0.1, 0.15) is 4.88 Å². The molecule has 6 heteroatoms. The highest BCUT2D eigenvalue weighted by molar-refractivity contribution is 7.10. The fraction of sp³-hybridized carbons (Fsp3) is 0.188. The van der Waals surface area contributed by atoms with Crippen molar-refractivity contribution in [2.45, 2.75) is 19.4 Å². The lowest BCUT2D eigenvalue weighted by molar-refractivity contribution is -0.137. The maximum absolute atomic E-state index is 11.8. The predicted molar refractivity (Wildman–Crippen MR) is 86.0 cm³/mol. The number of carboxylic acid groups (broad SMARTS) is 1. The number of rotatable bonds is 6. The summed E-state index contributed by atoms with van der Waals surface area (Å²) in [6.45, 7) is 0.184. The summed E-state index contributed by atoms with van der Waals surface area (Å²) >= 11 is 0.907. The van der Waals surface area contributed by atoms with Crippen molar-refractivity contribution in [1.82, 2.24) is 4.57 Å². The summed E-state index contributed by atoms with van der Waals surface area (Å²) in [5.41, 5.74) is 3.89. The third kappa shape index (κ3) is 4.22. The van der Waals surface area contributed by atoms with Crippen molar-refractivity contribution in [1.29, 1.82) is 0 Å². The molecule has 2 aromatic rings. The molecule has 22 heavy (non-hydrogen) atoms. The Morgan fingerprint density at radius 2 is 2.00 bits per heavy atom. The Kier molecular flexibility index (Phi) is 5.36. The first-order valence-corrected chi connectivity index (χ1v) is 7.51. The van der Waals surface area contributed by atoms with Gasteiger partial charge < -0.3 is 10.2 Å². The zero-order valence-corrected chi connectivity index (χ0v) is 12.5. The number of carboxylic acids is 1. The molecular formula is C16H15NO4S. The van der Waals surface area contributed by atoms with Gasteiger partial charge in [-0.3, -0.25) is 14.2 Å². The zero-order valence-electron chi connectivity index (χ0n) is 11.7. The predicted octanol–water partition coefficient (Wildman–Crippen LogP) is 2.81. The highest BCUT2D eigenvalue weighted by atomic mass is 32.1. The lowest BCUT2D eigenvalue weighted by Gasteiger charge is -2.01. The molecule has 0 radical (unpaired) electrons. The van der Waals surface area contributed by atoms with Gasteiger partial charge in [0, 0.05) is 19.0 Å². The number of aromatic hydroxyl groups is 1. The number of benzene rings is 1. The van der Waals surface area contributed by atoms with Crippen LogP contribution in [-0.4, -0.2) is 20.7 Å². The van der Waals surface area contributed by atoms with Crippen LogP contribution < -0.4 is 4.87 Å². The largest absolute Gasteiger partial charge is 0.493 e. The van der Waals surface area contributed by atoms with Gasteiger partial charge in [-0.15, -0.1) is 5.73 Å². The van der Waals surface area contributed by atoms with Crippen LogP contribution in [0.5, 0.6) is 5.88 Å². The van der Waals surface area contributed by atoms with E-state index in [9.17, 15) is 14.7 Å². The van der Waals surface area contributed by atoms with Crippen molar-refractivity contribution in [2.75, 3.05) is 0 Å². The molecule has 5 nitrogen and oxygen atoms in total. The van der Waals surface area contributed by atoms with Crippen LogP contribution in [0.2, 0.25) is 0 Å². The quantitative estimate of drug-likeness (QED) is 0.803. The van der Waals surface area contributed by atoms with Crippen molar-refractivity contribution in [2.24, 2.45) is 0 Å². The molecule has 1 aromatic heterocycles. The average molecular weight is 317 g/mol. The van der Waals surface area contributed by atoms with E-state index in [4.69, 9.17) is 5.11 Å². The molecule has 0 saturated carbocycles. The molecule has 0 fully saturated rings. The van der Waals surface area contributed by atoms with E-state index in [2.05, 4.69) is 5.73 Å². The molecule has 0 bridgehead atoms. The van der Waals surface area contributed by atoms with Gasteiger partial charge in [-0.2, -0.15) is 0 Å². The van der Waals surface area contributed by atoms with E-state index in [0.717, 1.165) is 16.9 Å². The van der Waals surface area contributed by atoms with Gasteiger partial charge in [0.25, 0.3) is 0 Å². The second kappa shape index (κ2) is 7.45. The molecule has 0 aliphatic heterocycles. The van der Waals surface area contributed by atoms with E-state index in [1.165, 1.54) is 4.57 Å². The summed E-state index contributed by atoms with van der Waals surface area (Å²) < 4.78 is 1.18. The van der Waals surface area contributed by atoms with E-state index in [0.29, 0.717) is 11.3 Å². The van der Waals surface area contributed by atoms with Crippen LogP contribution in [0.25, 0.3) is 12.2 Å². The van der Waals surface area contributed by atoms with Gasteiger partial charge in [0.15, 0.2) is 0 Å². The number of nitrogens with zero attached hydrogens (tertiary/aromatic N) is 1. The maximum Gasteiger partial charge on any atom is 0.310 e. The molecule has 2 rings (SSSR count). The van der Waals surface area contributed by atoms with Crippen LogP contribution in [0.15, 0.2) is 40.9 Å². The summed E-state index contributed by atoms with van der Waals surface area (Å²) in [6.07, 6.45) is 3.55.